The monoisotopic (exact) mass is 288 g/mol. The van der Waals surface area contributed by atoms with Crippen molar-refractivity contribution >= 4 is 11.6 Å². The Morgan fingerprint density at radius 2 is 2.14 bits per heavy atom. The molecule has 0 aliphatic heterocycles. The van der Waals surface area contributed by atoms with Gasteiger partial charge in [-0.1, -0.05) is 30.3 Å². The maximum atomic E-state index is 12.4. The van der Waals surface area contributed by atoms with Crippen molar-refractivity contribution in [2.45, 2.75) is 19.0 Å². The van der Waals surface area contributed by atoms with Crippen LogP contribution in [0.15, 0.2) is 42.7 Å². The number of rotatable bonds is 6. The lowest BCUT2D eigenvalue weighted by atomic mass is 9.92. The molecule has 3 N–H and O–H groups in total. The molecule has 6 heteroatoms. The fourth-order valence-electron chi connectivity index (χ4n) is 1.91. The van der Waals surface area contributed by atoms with Crippen LogP contribution in [0, 0.1) is 0 Å². The van der Waals surface area contributed by atoms with Crippen LogP contribution >= 0.6 is 0 Å². The molecule has 112 valence electrons. The van der Waals surface area contributed by atoms with Crippen molar-refractivity contribution in [2.75, 3.05) is 19.0 Å². The van der Waals surface area contributed by atoms with Crippen molar-refractivity contribution < 1.29 is 9.53 Å². The Hall–Kier alpha value is -2.18. The molecule has 1 atom stereocenters. The molecule has 1 unspecified atom stereocenters. The highest BCUT2D eigenvalue weighted by Crippen LogP contribution is 2.19. The molecule has 0 fully saturated rings. The molecule has 0 saturated carbocycles. The number of amides is 1. The summed E-state index contributed by atoms with van der Waals surface area (Å²) >= 11 is 0. The van der Waals surface area contributed by atoms with E-state index in [1.54, 1.807) is 31.1 Å². The molecular weight excluding hydrogens is 268 g/mol. The minimum atomic E-state index is -1.10. The highest BCUT2D eigenvalue weighted by atomic mass is 16.5. The number of nitrogens with zero attached hydrogens (tertiary/aromatic N) is 2. The summed E-state index contributed by atoms with van der Waals surface area (Å²) in [4.78, 5) is 12.4. The van der Waals surface area contributed by atoms with Gasteiger partial charge in [-0.15, -0.1) is 0 Å². The van der Waals surface area contributed by atoms with E-state index >= 15 is 0 Å². The molecule has 1 amide bonds. The molecule has 0 spiro atoms. The number of nitrogens with one attached hydrogen (secondary N) is 1. The average Bonchev–Trinajstić information content (AvgIpc) is 2.93. The van der Waals surface area contributed by atoms with E-state index in [1.807, 2.05) is 30.3 Å². The molecule has 0 radical (unpaired) electrons. The molecule has 0 aliphatic carbocycles. The fourth-order valence-corrected chi connectivity index (χ4v) is 1.91. The molecular formula is C15H20N4O2. The third kappa shape index (κ3) is 3.68. The summed E-state index contributed by atoms with van der Waals surface area (Å²) in [5.74, 6) is -0.278. The van der Waals surface area contributed by atoms with E-state index in [2.05, 4.69) is 10.4 Å². The SMILES string of the molecule is COCCn1cc(NC(=O)C(C)(N)c2ccccc2)cn1. The minimum absolute atomic E-state index is 0.278. The Kier molecular flexibility index (Phi) is 4.72. The lowest BCUT2D eigenvalue weighted by molar-refractivity contribution is -0.120. The normalized spacial score (nSPS) is 13.7. The van der Waals surface area contributed by atoms with Crippen LogP contribution in [0.25, 0.3) is 0 Å². The van der Waals surface area contributed by atoms with Crippen molar-refractivity contribution in [3.63, 3.8) is 0 Å². The predicted molar refractivity (Wildman–Crippen MR) is 80.7 cm³/mol. The van der Waals surface area contributed by atoms with Crippen molar-refractivity contribution in [3.8, 4) is 0 Å². The highest BCUT2D eigenvalue weighted by Gasteiger charge is 2.30. The van der Waals surface area contributed by atoms with Gasteiger partial charge in [0.05, 0.1) is 25.0 Å². The van der Waals surface area contributed by atoms with Crippen molar-refractivity contribution in [3.05, 3.63) is 48.3 Å². The summed E-state index contributed by atoms with van der Waals surface area (Å²) in [7, 11) is 1.63. The summed E-state index contributed by atoms with van der Waals surface area (Å²) in [6.07, 6.45) is 3.34. The van der Waals surface area contributed by atoms with Gasteiger partial charge in [0.1, 0.15) is 5.54 Å². The number of methoxy groups -OCH3 is 1. The van der Waals surface area contributed by atoms with Gasteiger partial charge in [0.15, 0.2) is 0 Å². The second kappa shape index (κ2) is 6.51. The molecule has 21 heavy (non-hydrogen) atoms. The first kappa shape index (κ1) is 15.2. The zero-order chi connectivity index (χ0) is 15.3. The number of ether oxygens (including phenoxy) is 1. The maximum Gasteiger partial charge on any atom is 0.248 e. The van der Waals surface area contributed by atoms with Gasteiger partial charge in [-0.05, 0) is 12.5 Å². The van der Waals surface area contributed by atoms with Crippen LogP contribution in [0.3, 0.4) is 0 Å². The number of nitrogens with two attached hydrogens (primary N) is 1. The van der Waals surface area contributed by atoms with Crippen molar-refractivity contribution in [1.29, 1.82) is 0 Å². The van der Waals surface area contributed by atoms with Crippen molar-refractivity contribution in [2.24, 2.45) is 5.73 Å². The fraction of sp³-hybridized carbons (Fsp3) is 0.333. The highest BCUT2D eigenvalue weighted by molar-refractivity contribution is 5.98. The van der Waals surface area contributed by atoms with E-state index in [0.29, 0.717) is 18.8 Å². The largest absolute Gasteiger partial charge is 0.383 e. The van der Waals surface area contributed by atoms with Gasteiger partial charge >= 0.3 is 0 Å². The van der Waals surface area contributed by atoms with Gasteiger partial charge in [0.25, 0.3) is 0 Å². The Bertz CT molecular complexity index is 593. The first-order valence-corrected chi connectivity index (χ1v) is 6.71. The summed E-state index contributed by atoms with van der Waals surface area (Å²) in [5.41, 5.74) is 6.43. The van der Waals surface area contributed by atoms with Gasteiger partial charge in [-0.2, -0.15) is 5.10 Å². The molecule has 1 aromatic carbocycles. The van der Waals surface area contributed by atoms with Gasteiger partial charge in [0.2, 0.25) is 5.91 Å². The van der Waals surface area contributed by atoms with Crippen molar-refractivity contribution in [1.82, 2.24) is 9.78 Å². The quantitative estimate of drug-likeness (QED) is 0.840. The smallest absolute Gasteiger partial charge is 0.248 e. The second-order valence-electron chi connectivity index (χ2n) is 5.01. The molecule has 2 aromatic rings. The van der Waals surface area contributed by atoms with Gasteiger partial charge < -0.3 is 15.8 Å². The molecule has 6 nitrogen and oxygen atoms in total. The Balaban J connectivity index is 2.05. The Labute approximate surface area is 123 Å². The van der Waals surface area contributed by atoms with Crippen LogP contribution in [0.4, 0.5) is 5.69 Å². The standard InChI is InChI=1S/C15H20N4O2/c1-15(16,12-6-4-3-5-7-12)14(20)18-13-10-17-19(11-13)8-9-21-2/h3-7,10-11H,8-9,16H2,1-2H3,(H,18,20). The molecule has 0 bridgehead atoms. The third-order valence-electron chi connectivity index (χ3n) is 3.26. The summed E-state index contributed by atoms with van der Waals surface area (Å²) in [6, 6.07) is 9.27. The van der Waals surface area contributed by atoms with E-state index in [1.165, 1.54) is 0 Å². The second-order valence-corrected chi connectivity index (χ2v) is 5.01. The summed E-state index contributed by atoms with van der Waals surface area (Å²) in [6.45, 7) is 2.88. The minimum Gasteiger partial charge on any atom is -0.383 e. The molecule has 1 heterocycles. The first-order valence-electron chi connectivity index (χ1n) is 6.71. The van der Waals surface area contributed by atoms with E-state index in [-0.39, 0.29) is 5.91 Å². The van der Waals surface area contributed by atoms with E-state index < -0.39 is 5.54 Å². The number of hydrogen-bond acceptors (Lipinski definition) is 4. The summed E-state index contributed by atoms with van der Waals surface area (Å²) < 4.78 is 6.68. The van der Waals surface area contributed by atoms with Crippen LogP contribution < -0.4 is 11.1 Å². The van der Waals surface area contributed by atoms with Gasteiger partial charge in [-0.25, -0.2) is 0 Å². The summed E-state index contributed by atoms with van der Waals surface area (Å²) in [5, 5.41) is 6.93. The number of anilines is 1. The van der Waals surface area contributed by atoms with Crippen LogP contribution in [0.2, 0.25) is 0 Å². The number of carbonyl (C=O) groups is 1. The zero-order valence-corrected chi connectivity index (χ0v) is 12.2. The number of aromatic nitrogens is 2. The first-order chi connectivity index (χ1) is 10.0. The Morgan fingerprint density at radius 1 is 1.43 bits per heavy atom. The van der Waals surface area contributed by atoms with Gasteiger partial charge in [-0.3, -0.25) is 9.48 Å². The number of hydrogen-bond donors (Lipinski definition) is 2. The third-order valence-corrected chi connectivity index (χ3v) is 3.26. The van der Waals surface area contributed by atoms with E-state index in [0.717, 1.165) is 5.56 Å². The molecule has 1 aromatic heterocycles. The topological polar surface area (TPSA) is 82.2 Å². The molecule has 2 rings (SSSR count). The van der Waals surface area contributed by atoms with Gasteiger partial charge in [0, 0.05) is 13.3 Å². The lowest BCUT2D eigenvalue weighted by Gasteiger charge is -2.23. The van der Waals surface area contributed by atoms with Crippen LogP contribution in [0.5, 0.6) is 0 Å². The maximum absolute atomic E-state index is 12.4. The van der Waals surface area contributed by atoms with Crippen LogP contribution in [-0.4, -0.2) is 29.4 Å². The molecule has 0 saturated heterocycles. The van der Waals surface area contributed by atoms with Crippen LogP contribution in [0.1, 0.15) is 12.5 Å². The van der Waals surface area contributed by atoms with Crippen LogP contribution in [-0.2, 0) is 21.6 Å². The average molecular weight is 288 g/mol. The number of carbonyl (C=O) groups excluding carboxylic acids is 1. The number of benzene rings is 1. The zero-order valence-electron chi connectivity index (χ0n) is 12.2. The molecule has 0 aliphatic rings. The predicted octanol–water partition coefficient (Wildman–Crippen LogP) is 1.34. The van der Waals surface area contributed by atoms with E-state index in [9.17, 15) is 4.79 Å². The lowest BCUT2D eigenvalue weighted by Crippen LogP contribution is -2.45. The van der Waals surface area contributed by atoms with E-state index in [4.69, 9.17) is 10.5 Å². The Morgan fingerprint density at radius 3 is 2.81 bits per heavy atom.